The fourth-order valence-electron chi connectivity index (χ4n) is 1.81. The molecule has 0 fully saturated rings. The summed E-state index contributed by atoms with van der Waals surface area (Å²) in [7, 11) is 0. The molecule has 0 aliphatic carbocycles. The van der Waals surface area contributed by atoms with Gasteiger partial charge in [-0.25, -0.2) is 4.98 Å². The lowest BCUT2D eigenvalue weighted by molar-refractivity contribution is 1.08. The van der Waals surface area contributed by atoms with Crippen LogP contribution in [0.15, 0.2) is 59.1 Å². The van der Waals surface area contributed by atoms with Gasteiger partial charge in [-0.2, -0.15) is 0 Å². The van der Waals surface area contributed by atoms with Crippen LogP contribution in [0.4, 0.5) is 0 Å². The highest BCUT2D eigenvalue weighted by molar-refractivity contribution is 8.03. The number of aromatic nitrogens is 1. The largest absolute Gasteiger partial charge is 0.249 e. The number of rotatable bonds is 3. The average Bonchev–Trinajstić information content (AvgIpc) is 2.42. The Kier molecular flexibility index (Phi) is 4.58. The number of nitrogens with zero attached hydrogens (tertiary/aromatic N) is 1. The highest BCUT2D eigenvalue weighted by Gasteiger charge is 2.00. The van der Waals surface area contributed by atoms with E-state index in [9.17, 15) is 0 Å². The molecule has 2 rings (SSSR count). The van der Waals surface area contributed by atoms with E-state index in [0.717, 1.165) is 9.93 Å². The summed E-state index contributed by atoms with van der Waals surface area (Å²) in [5.74, 6) is 0. The third-order valence-electron chi connectivity index (χ3n) is 2.81. The monoisotopic (exact) mass is 267 g/mol. The quantitative estimate of drug-likeness (QED) is 0.792. The molecule has 19 heavy (non-hydrogen) atoms. The predicted octanol–water partition coefficient (Wildman–Crippen LogP) is 3.28. The molecule has 0 bridgehead atoms. The van der Waals surface area contributed by atoms with E-state index in [1.807, 2.05) is 31.3 Å². The van der Waals surface area contributed by atoms with Gasteiger partial charge in [-0.3, -0.25) is 0 Å². The normalized spacial score (nSPS) is 12.7. The summed E-state index contributed by atoms with van der Waals surface area (Å²) in [5, 5.41) is 3.43. The second-order valence-electron chi connectivity index (χ2n) is 4.26. The van der Waals surface area contributed by atoms with Crippen LogP contribution in [0.5, 0.6) is 0 Å². The molecule has 1 nitrogen and oxygen atoms in total. The molecule has 0 atom stereocenters. The minimum absolute atomic E-state index is 0.996. The Bertz CT molecular complexity index is 701. The summed E-state index contributed by atoms with van der Waals surface area (Å²) in [5.41, 5.74) is 1.18. The summed E-state index contributed by atoms with van der Waals surface area (Å²) in [6, 6.07) is 12.3. The molecule has 1 heterocycles. The standard InChI is InChI=1S/C17H17NS/c1-4-15-9-5-6-10-16(15)12-14(3)19-17-13(2)8-7-11-18-17/h4-12H,3H2,1-2H3/b15-4-,16-12-. The third kappa shape index (κ3) is 3.58. The number of benzene rings is 1. The summed E-state index contributed by atoms with van der Waals surface area (Å²) in [6.07, 6.45) is 6.03. The van der Waals surface area contributed by atoms with Gasteiger partial charge < -0.3 is 0 Å². The van der Waals surface area contributed by atoms with E-state index in [1.54, 1.807) is 11.8 Å². The van der Waals surface area contributed by atoms with Crippen LogP contribution in [0.2, 0.25) is 0 Å². The Morgan fingerprint density at radius 1 is 1.16 bits per heavy atom. The molecular formula is C17H17NS. The van der Waals surface area contributed by atoms with Gasteiger partial charge in [-0.1, -0.05) is 54.7 Å². The lowest BCUT2D eigenvalue weighted by Crippen LogP contribution is -2.23. The molecule has 0 unspecified atom stereocenters. The first-order chi connectivity index (χ1) is 9.20. The first-order valence-electron chi connectivity index (χ1n) is 6.22. The molecular weight excluding hydrogens is 250 g/mol. The molecule has 0 aliphatic rings. The zero-order valence-corrected chi connectivity index (χ0v) is 12.1. The number of pyridine rings is 1. The lowest BCUT2D eigenvalue weighted by Gasteiger charge is -2.03. The third-order valence-corrected chi connectivity index (χ3v) is 3.81. The van der Waals surface area contributed by atoms with Gasteiger partial charge in [0.2, 0.25) is 0 Å². The molecule has 0 radical (unpaired) electrons. The Morgan fingerprint density at radius 3 is 2.58 bits per heavy atom. The zero-order chi connectivity index (χ0) is 13.7. The van der Waals surface area contributed by atoms with Crippen molar-refractivity contribution in [1.29, 1.82) is 0 Å². The van der Waals surface area contributed by atoms with Crippen LogP contribution in [0, 0.1) is 6.92 Å². The Labute approximate surface area is 118 Å². The molecule has 0 aliphatic heterocycles. The van der Waals surface area contributed by atoms with Crippen LogP contribution in [-0.2, 0) is 0 Å². The highest BCUT2D eigenvalue weighted by atomic mass is 32.2. The fourth-order valence-corrected chi connectivity index (χ4v) is 2.59. The van der Waals surface area contributed by atoms with Crippen LogP contribution < -0.4 is 10.4 Å². The van der Waals surface area contributed by atoms with Crippen molar-refractivity contribution in [3.8, 4) is 0 Å². The van der Waals surface area contributed by atoms with Crippen molar-refractivity contribution in [2.45, 2.75) is 18.9 Å². The van der Waals surface area contributed by atoms with E-state index in [1.165, 1.54) is 16.0 Å². The topological polar surface area (TPSA) is 12.9 Å². The van der Waals surface area contributed by atoms with Crippen LogP contribution in [0.25, 0.3) is 12.2 Å². The molecule has 0 N–H and O–H groups in total. The predicted molar refractivity (Wildman–Crippen MR) is 84.3 cm³/mol. The maximum atomic E-state index is 4.38. The van der Waals surface area contributed by atoms with Crippen LogP contribution in [0.1, 0.15) is 12.5 Å². The molecule has 0 saturated carbocycles. The number of allylic oxidation sites excluding steroid dienone is 1. The summed E-state index contributed by atoms with van der Waals surface area (Å²) in [6.45, 7) is 8.23. The summed E-state index contributed by atoms with van der Waals surface area (Å²) >= 11 is 1.61. The van der Waals surface area contributed by atoms with Crippen molar-refractivity contribution in [3.63, 3.8) is 0 Å². The molecule has 2 heteroatoms. The van der Waals surface area contributed by atoms with E-state index < -0.39 is 0 Å². The van der Waals surface area contributed by atoms with Gasteiger partial charge >= 0.3 is 0 Å². The minimum Gasteiger partial charge on any atom is -0.249 e. The summed E-state index contributed by atoms with van der Waals surface area (Å²) < 4.78 is 0. The van der Waals surface area contributed by atoms with Gasteiger partial charge in [0.05, 0.1) is 0 Å². The number of hydrogen-bond donors (Lipinski definition) is 0. The Balaban J connectivity index is 2.30. The molecule has 2 aromatic rings. The van der Waals surface area contributed by atoms with Gasteiger partial charge in [-0.15, -0.1) is 0 Å². The van der Waals surface area contributed by atoms with Gasteiger partial charge in [-0.05, 0) is 42.0 Å². The second kappa shape index (κ2) is 6.39. The first kappa shape index (κ1) is 13.6. The average molecular weight is 267 g/mol. The maximum absolute atomic E-state index is 4.38. The van der Waals surface area contributed by atoms with Crippen molar-refractivity contribution in [1.82, 2.24) is 4.98 Å². The number of thioether (sulfide) groups is 1. The van der Waals surface area contributed by atoms with Gasteiger partial charge in [0, 0.05) is 11.1 Å². The van der Waals surface area contributed by atoms with E-state index >= 15 is 0 Å². The molecule has 0 amide bonds. The number of aryl methyl sites for hydroxylation is 1. The SMILES string of the molecule is C=C(/C=c1/cccc/c1=C/C)Sc1ncccc1C. The number of hydrogen-bond acceptors (Lipinski definition) is 2. The van der Waals surface area contributed by atoms with Crippen molar-refractivity contribution < 1.29 is 0 Å². The van der Waals surface area contributed by atoms with E-state index in [-0.39, 0.29) is 0 Å². The highest BCUT2D eigenvalue weighted by Crippen LogP contribution is 2.26. The maximum Gasteiger partial charge on any atom is 0.104 e. The van der Waals surface area contributed by atoms with E-state index in [4.69, 9.17) is 0 Å². The molecule has 0 saturated heterocycles. The van der Waals surface area contributed by atoms with E-state index in [2.05, 4.69) is 48.8 Å². The van der Waals surface area contributed by atoms with Gasteiger partial charge in [0.15, 0.2) is 0 Å². The molecule has 0 spiro atoms. The second-order valence-corrected chi connectivity index (χ2v) is 5.37. The van der Waals surface area contributed by atoms with E-state index in [0.29, 0.717) is 0 Å². The van der Waals surface area contributed by atoms with Crippen LogP contribution in [-0.4, -0.2) is 4.98 Å². The molecule has 1 aromatic heterocycles. The fraction of sp³-hybridized carbons (Fsp3) is 0.118. The first-order valence-corrected chi connectivity index (χ1v) is 7.04. The molecule has 96 valence electrons. The minimum atomic E-state index is 0.996. The van der Waals surface area contributed by atoms with Crippen molar-refractivity contribution in [3.05, 3.63) is 70.1 Å². The van der Waals surface area contributed by atoms with Crippen LogP contribution in [0.3, 0.4) is 0 Å². The van der Waals surface area contributed by atoms with Crippen molar-refractivity contribution in [2.24, 2.45) is 0 Å². The summed E-state index contributed by atoms with van der Waals surface area (Å²) in [4.78, 5) is 5.37. The molecule has 1 aromatic carbocycles. The Hall–Kier alpha value is -1.80. The van der Waals surface area contributed by atoms with Gasteiger partial charge in [0.25, 0.3) is 0 Å². The zero-order valence-electron chi connectivity index (χ0n) is 11.3. The smallest absolute Gasteiger partial charge is 0.104 e. The van der Waals surface area contributed by atoms with Crippen LogP contribution >= 0.6 is 11.8 Å². The Morgan fingerprint density at radius 2 is 1.89 bits per heavy atom. The van der Waals surface area contributed by atoms with Crippen molar-refractivity contribution in [2.75, 3.05) is 0 Å². The van der Waals surface area contributed by atoms with Gasteiger partial charge in [0.1, 0.15) is 5.03 Å². The lowest BCUT2D eigenvalue weighted by atomic mass is 10.2. The van der Waals surface area contributed by atoms with Crippen molar-refractivity contribution >= 4 is 23.9 Å².